The fourth-order valence-corrected chi connectivity index (χ4v) is 2.17. The highest BCUT2D eigenvalue weighted by Crippen LogP contribution is 2.31. The first kappa shape index (κ1) is 11.0. The number of hydrogen-bond acceptors (Lipinski definition) is 4. The van der Waals surface area contributed by atoms with Crippen LogP contribution in [0.5, 0.6) is 0 Å². The van der Waals surface area contributed by atoms with Crippen molar-refractivity contribution in [2.75, 3.05) is 12.3 Å². The first-order valence-corrected chi connectivity index (χ1v) is 5.49. The third-order valence-corrected chi connectivity index (χ3v) is 3.18. The molecule has 2 N–H and O–H groups in total. The summed E-state index contributed by atoms with van der Waals surface area (Å²) in [7, 11) is 0. The van der Waals surface area contributed by atoms with Crippen LogP contribution >= 0.6 is 11.3 Å². The number of carbonyl (C=O) groups is 1. The Balaban J connectivity index is 2.95. The van der Waals surface area contributed by atoms with E-state index in [0.717, 1.165) is 4.88 Å². The van der Waals surface area contributed by atoms with Crippen LogP contribution in [0.4, 0.5) is 5.69 Å². The highest BCUT2D eigenvalue weighted by molar-refractivity contribution is 7.11. The standard InChI is InChI=1S/C10H15NO2S/c1-4-13-10(12)7-5-14-9(6(2)3)8(7)11/h5-6H,4,11H2,1-3H3. The lowest BCUT2D eigenvalue weighted by atomic mass is 10.1. The van der Waals surface area contributed by atoms with Gasteiger partial charge in [0.05, 0.1) is 17.9 Å². The van der Waals surface area contributed by atoms with E-state index in [4.69, 9.17) is 10.5 Å². The Labute approximate surface area is 87.9 Å². The van der Waals surface area contributed by atoms with Crippen molar-refractivity contribution in [2.24, 2.45) is 0 Å². The molecule has 1 heterocycles. The molecule has 0 unspecified atom stereocenters. The maximum atomic E-state index is 11.4. The van der Waals surface area contributed by atoms with Crippen LogP contribution in [0.3, 0.4) is 0 Å². The molecule has 1 aromatic rings. The zero-order valence-corrected chi connectivity index (χ0v) is 9.48. The van der Waals surface area contributed by atoms with Crippen molar-refractivity contribution in [1.29, 1.82) is 0 Å². The molecule has 0 saturated heterocycles. The summed E-state index contributed by atoms with van der Waals surface area (Å²) in [6, 6.07) is 0. The Morgan fingerprint density at radius 1 is 1.64 bits per heavy atom. The van der Waals surface area contributed by atoms with Crippen LogP contribution in [-0.2, 0) is 4.74 Å². The average Bonchev–Trinajstić information content (AvgIpc) is 2.47. The van der Waals surface area contributed by atoms with Crippen LogP contribution in [0.2, 0.25) is 0 Å². The number of thiophene rings is 1. The minimum Gasteiger partial charge on any atom is -0.462 e. The zero-order valence-electron chi connectivity index (χ0n) is 8.66. The fourth-order valence-electron chi connectivity index (χ4n) is 1.20. The molecule has 0 aliphatic heterocycles. The maximum Gasteiger partial charge on any atom is 0.341 e. The van der Waals surface area contributed by atoms with Gasteiger partial charge < -0.3 is 10.5 Å². The third-order valence-electron chi connectivity index (χ3n) is 1.88. The predicted octanol–water partition coefficient (Wildman–Crippen LogP) is 2.63. The summed E-state index contributed by atoms with van der Waals surface area (Å²) >= 11 is 1.51. The molecule has 0 spiro atoms. The van der Waals surface area contributed by atoms with Gasteiger partial charge in [0.2, 0.25) is 0 Å². The molecule has 3 nitrogen and oxygen atoms in total. The van der Waals surface area contributed by atoms with Gasteiger partial charge in [0, 0.05) is 10.3 Å². The maximum absolute atomic E-state index is 11.4. The molecule has 0 saturated carbocycles. The largest absolute Gasteiger partial charge is 0.462 e. The smallest absolute Gasteiger partial charge is 0.341 e. The van der Waals surface area contributed by atoms with Crippen molar-refractivity contribution in [3.63, 3.8) is 0 Å². The summed E-state index contributed by atoms with van der Waals surface area (Å²) in [5.74, 6) is 0.0244. The van der Waals surface area contributed by atoms with Gasteiger partial charge in [-0.25, -0.2) is 4.79 Å². The minimum absolute atomic E-state index is 0.326. The van der Waals surface area contributed by atoms with E-state index in [2.05, 4.69) is 13.8 Å². The lowest BCUT2D eigenvalue weighted by Crippen LogP contribution is -2.06. The lowest BCUT2D eigenvalue weighted by molar-refractivity contribution is 0.0528. The van der Waals surface area contributed by atoms with Crippen LogP contribution in [0.25, 0.3) is 0 Å². The third kappa shape index (κ3) is 2.07. The van der Waals surface area contributed by atoms with E-state index in [0.29, 0.717) is 23.8 Å². The monoisotopic (exact) mass is 213 g/mol. The van der Waals surface area contributed by atoms with E-state index < -0.39 is 0 Å². The van der Waals surface area contributed by atoms with Gasteiger partial charge in [-0.1, -0.05) is 13.8 Å². The summed E-state index contributed by atoms with van der Waals surface area (Å²) in [5, 5.41) is 1.77. The average molecular weight is 213 g/mol. The number of ether oxygens (including phenoxy) is 1. The molecule has 4 heteroatoms. The summed E-state index contributed by atoms with van der Waals surface area (Å²) in [6.07, 6.45) is 0. The van der Waals surface area contributed by atoms with E-state index >= 15 is 0 Å². The number of carbonyl (C=O) groups excluding carboxylic acids is 1. The Morgan fingerprint density at radius 3 is 2.71 bits per heavy atom. The van der Waals surface area contributed by atoms with E-state index in [1.165, 1.54) is 11.3 Å². The van der Waals surface area contributed by atoms with Crippen LogP contribution in [-0.4, -0.2) is 12.6 Å². The SMILES string of the molecule is CCOC(=O)c1csc(C(C)C)c1N. The van der Waals surface area contributed by atoms with Crippen molar-refractivity contribution in [1.82, 2.24) is 0 Å². The van der Waals surface area contributed by atoms with Crippen molar-refractivity contribution in [3.05, 3.63) is 15.8 Å². The second-order valence-corrected chi connectivity index (χ2v) is 4.21. The lowest BCUT2D eigenvalue weighted by Gasteiger charge is -2.04. The molecule has 0 aliphatic rings. The zero-order chi connectivity index (χ0) is 10.7. The van der Waals surface area contributed by atoms with E-state index in [1.54, 1.807) is 12.3 Å². The van der Waals surface area contributed by atoms with E-state index in [-0.39, 0.29) is 5.97 Å². The first-order chi connectivity index (χ1) is 6.57. The summed E-state index contributed by atoms with van der Waals surface area (Å²) in [4.78, 5) is 12.5. The van der Waals surface area contributed by atoms with Gasteiger partial charge in [-0.05, 0) is 12.8 Å². The number of esters is 1. The van der Waals surface area contributed by atoms with Crippen LogP contribution in [0.1, 0.15) is 41.9 Å². The minimum atomic E-state index is -0.326. The Hall–Kier alpha value is -1.03. The highest BCUT2D eigenvalue weighted by Gasteiger charge is 2.17. The Morgan fingerprint density at radius 2 is 2.29 bits per heavy atom. The number of nitrogen functional groups attached to an aromatic ring is 1. The molecule has 0 radical (unpaired) electrons. The van der Waals surface area contributed by atoms with Crippen molar-refractivity contribution >= 4 is 23.0 Å². The number of nitrogens with two attached hydrogens (primary N) is 1. The van der Waals surface area contributed by atoms with Crippen molar-refractivity contribution in [2.45, 2.75) is 26.7 Å². The quantitative estimate of drug-likeness (QED) is 0.785. The molecule has 0 aliphatic carbocycles. The molecule has 78 valence electrons. The van der Waals surface area contributed by atoms with Crippen molar-refractivity contribution in [3.8, 4) is 0 Å². The highest BCUT2D eigenvalue weighted by atomic mass is 32.1. The molecule has 0 atom stereocenters. The molecule has 0 aromatic carbocycles. The number of anilines is 1. The van der Waals surface area contributed by atoms with E-state index in [9.17, 15) is 4.79 Å². The Kier molecular flexibility index (Phi) is 3.52. The molecule has 0 fully saturated rings. The number of hydrogen-bond donors (Lipinski definition) is 1. The Bertz CT molecular complexity index is 331. The van der Waals surface area contributed by atoms with Gasteiger partial charge in [-0.2, -0.15) is 0 Å². The van der Waals surface area contributed by atoms with Gasteiger partial charge in [0.1, 0.15) is 0 Å². The molecule has 1 rings (SSSR count). The van der Waals surface area contributed by atoms with Crippen LogP contribution < -0.4 is 5.73 Å². The van der Waals surface area contributed by atoms with E-state index in [1.807, 2.05) is 0 Å². The normalized spacial score (nSPS) is 10.6. The molecule has 0 bridgehead atoms. The molecular formula is C10H15NO2S. The van der Waals surface area contributed by atoms with Gasteiger partial charge in [-0.3, -0.25) is 0 Å². The van der Waals surface area contributed by atoms with Gasteiger partial charge in [0.25, 0.3) is 0 Å². The molecular weight excluding hydrogens is 198 g/mol. The summed E-state index contributed by atoms with van der Waals surface area (Å²) in [5.41, 5.74) is 6.92. The van der Waals surface area contributed by atoms with Crippen molar-refractivity contribution < 1.29 is 9.53 Å². The first-order valence-electron chi connectivity index (χ1n) is 4.61. The fraction of sp³-hybridized carbons (Fsp3) is 0.500. The molecule has 0 amide bonds. The van der Waals surface area contributed by atoms with Gasteiger partial charge >= 0.3 is 5.97 Å². The second kappa shape index (κ2) is 4.46. The van der Waals surface area contributed by atoms with Gasteiger partial charge in [-0.15, -0.1) is 11.3 Å². The molecule has 1 aromatic heterocycles. The van der Waals surface area contributed by atoms with Crippen LogP contribution in [0.15, 0.2) is 5.38 Å². The summed E-state index contributed by atoms with van der Waals surface area (Å²) < 4.78 is 4.89. The van der Waals surface area contributed by atoms with Gasteiger partial charge in [0.15, 0.2) is 0 Å². The predicted molar refractivity (Wildman–Crippen MR) is 58.8 cm³/mol. The second-order valence-electron chi connectivity index (χ2n) is 3.30. The number of rotatable bonds is 3. The van der Waals surface area contributed by atoms with Crippen LogP contribution in [0, 0.1) is 0 Å². The topological polar surface area (TPSA) is 52.3 Å². The summed E-state index contributed by atoms with van der Waals surface area (Å²) in [6.45, 7) is 6.27. The molecule has 14 heavy (non-hydrogen) atoms.